The van der Waals surface area contributed by atoms with E-state index in [0.717, 1.165) is 5.47 Å². The van der Waals surface area contributed by atoms with Gasteiger partial charge in [-0.1, -0.05) is 6.92 Å². The molecule has 0 rings (SSSR count). The molecule has 0 radical (unpaired) electrons. The third kappa shape index (κ3) is 3.02. The third-order valence-corrected chi connectivity index (χ3v) is 1.53. The van der Waals surface area contributed by atoms with E-state index in [1.54, 1.807) is 6.92 Å². The number of rotatable bonds is 4. The second-order valence-electron chi connectivity index (χ2n) is 2.20. The summed E-state index contributed by atoms with van der Waals surface area (Å²) in [6.45, 7) is 3.79. The molecule has 0 unspecified atom stereocenters. The fourth-order valence-electron chi connectivity index (χ4n) is 0.892. The van der Waals surface area contributed by atoms with Crippen LogP contribution in [0.15, 0.2) is 12.1 Å². The first-order valence-corrected chi connectivity index (χ1v) is 3.07. The molecule has 60 valence electrons. The first-order chi connectivity index (χ1) is 4.63. The molecule has 0 atom stereocenters. The van der Waals surface area contributed by atoms with Gasteiger partial charge in [-0.3, -0.25) is 0 Å². The van der Waals surface area contributed by atoms with Gasteiger partial charge in [0.25, 0.3) is 0 Å². The van der Waals surface area contributed by atoms with Gasteiger partial charge in [0.2, 0.25) is 0 Å². The van der Waals surface area contributed by atoms with Gasteiger partial charge in [-0.25, -0.2) is 0 Å². The minimum Gasteiger partial charge on any atom is -0.543 e. The summed E-state index contributed by atoms with van der Waals surface area (Å²) in [4.78, 5) is 0. The van der Waals surface area contributed by atoms with E-state index in [0.29, 0.717) is 0 Å². The number of hydrogen-bond acceptors (Lipinski definition) is 3. The van der Waals surface area contributed by atoms with Crippen LogP contribution in [0.5, 0.6) is 0 Å². The van der Waals surface area contributed by atoms with Crippen LogP contribution >= 0.6 is 0 Å². The molecule has 0 saturated carbocycles. The topological polar surface area (TPSA) is 27.7 Å². The second kappa shape index (κ2) is 5.87. The summed E-state index contributed by atoms with van der Waals surface area (Å²) in [5, 5.41) is 0. The minimum absolute atomic E-state index is 0. The minimum atomic E-state index is -1.71. The molecule has 11 heavy (non-hydrogen) atoms. The van der Waals surface area contributed by atoms with Gasteiger partial charge in [0.15, 0.2) is 0 Å². The molecule has 3 nitrogen and oxygen atoms in total. The fraction of sp³-hybridized carbons (Fsp3) is 0.667. The summed E-state index contributed by atoms with van der Waals surface area (Å²) in [5.41, 5.74) is 0.743. The Kier molecular flexibility index (Phi) is 7.39. The normalized spacial score (nSPS) is 10.5. The third-order valence-electron chi connectivity index (χ3n) is 1.53. The van der Waals surface area contributed by atoms with Crippen molar-refractivity contribution < 1.29 is 32.8 Å². The van der Waals surface area contributed by atoms with E-state index in [9.17, 15) is 0 Å². The molecular weight excluding hydrogens is 138 g/mol. The molecular formula is C6H14BLiO3. The zero-order valence-corrected chi connectivity index (χ0v) is 8.01. The molecule has 0 spiro atoms. The maximum absolute atomic E-state index is 5.02. The van der Waals surface area contributed by atoms with E-state index in [1.165, 1.54) is 21.3 Å². The van der Waals surface area contributed by atoms with Crippen molar-refractivity contribution in [2.24, 2.45) is 0 Å². The van der Waals surface area contributed by atoms with Crippen LogP contribution in [0.25, 0.3) is 0 Å². The Hall–Kier alpha value is 0.282. The van der Waals surface area contributed by atoms with E-state index >= 15 is 0 Å². The zero-order valence-electron chi connectivity index (χ0n) is 8.01. The molecule has 5 heteroatoms. The largest absolute Gasteiger partial charge is 1.00 e. The molecule has 0 aromatic rings. The summed E-state index contributed by atoms with van der Waals surface area (Å²) < 4.78 is 15.0. The van der Waals surface area contributed by atoms with Crippen molar-refractivity contribution in [3.8, 4) is 0 Å². The van der Waals surface area contributed by atoms with Gasteiger partial charge in [-0.2, -0.15) is 5.47 Å². The standard InChI is InChI=1S/C6H14BO3.Li/c1-6(2)7(8-3,9-4)10-5;/h1H2,2-5H3;/q-1;+1. The van der Waals surface area contributed by atoms with E-state index in [1.807, 2.05) is 0 Å². The quantitative estimate of drug-likeness (QED) is 0.435. The van der Waals surface area contributed by atoms with Gasteiger partial charge in [0.1, 0.15) is 0 Å². The Bertz CT molecular complexity index is 117. The molecule has 0 aromatic carbocycles. The van der Waals surface area contributed by atoms with Crippen LogP contribution in [-0.2, 0) is 14.0 Å². The van der Waals surface area contributed by atoms with Crippen molar-refractivity contribution in [3.05, 3.63) is 12.1 Å². The summed E-state index contributed by atoms with van der Waals surface area (Å²) in [6.07, 6.45) is 0. The van der Waals surface area contributed by atoms with Crippen molar-refractivity contribution in [3.63, 3.8) is 0 Å². The Labute approximate surface area is 80.3 Å². The Morgan fingerprint density at radius 3 is 1.36 bits per heavy atom. The van der Waals surface area contributed by atoms with E-state index in [-0.39, 0.29) is 18.9 Å². The smallest absolute Gasteiger partial charge is 0.543 e. The number of allylic oxidation sites excluding steroid dienone is 1. The SMILES string of the molecule is C=C(C)[B-](OC)(OC)OC.[Li+]. The first-order valence-electron chi connectivity index (χ1n) is 3.07. The molecule has 0 bridgehead atoms. The van der Waals surface area contributed by atoms with E-state index in [2.05, 4.69) is 6.58 Å². The monoisotopic (exact) mass is 152 g/mol. The van der Waals surface area contributed by atoms with Gasteiger partial charge >= 0.3 is 25.6 Å². The van der Waals surface area contributed by atoms with Gasteiger partial charge in [0.05, 0.1) is 0 Å². The molecule has 0 aliphatic heterocycles. The average molecular weight is 152 g/mol. The van der Waals surface area contributed by atoms with Gasteiger partial charge in [-0.15, -0.1) is 6.58 Å². The van der Waals surface area contributed by atoms with Crippen molar-refractivity contribution in [1.29, 1.82) is 0 Å². The Balaban J connectivity index is 0. The van der Waals surface area contributed by atoms with Crippen molar-refractivity contribution in [1.82, 2.24) is 0 Å². The maximum Gasteiger partial charge on any atom is 1.00 e. The average Bonchev–Trinajstić information content (AvgIpc) is 1.92. The molecule has 0 aliphatic carbocycles. The first kappa shape index (κ1) is 13.8. The van der Waals surface area contributed by atoms with Crippen molar-refractivity contribution in [2.75, 3.05) is 21.3 Å². The van der Waals surface area contributed by atoms with Gasteiger partial charge in [-0.05, 0) is 21.3 Å². The maximum atomic E-state index is 5.02. The van der Waals surface area contributed by atoms with Crippen molar-refractivity contribution >= 4 is 6.75 Å². The summed E-state index contributed by atoms with van der Waals surface area (Å²) >= 11 is 0. The van der Waals surface area contributed by atoms with Crippen LogP contribution in [0, 0.1) is 0 Å². The van der Waals surface area contributed by atoms with Gasteiger partial charge in [0, 0.05) is 0 Å². The molecule has 0 aliphatic rings. The van der Waals surface area contributed by atoms with Crippen LogP contribution in [0.4, 0.5) is 0 Å². The van der Waals surface area contributed by atoms with Crippen LogP contribution in [0.3, 0.4) is 0 Å². The zero-order chi connectivity index (χ0) is 8.20. The van der Waals surface area contributed by atoms with Crippen molar-refractivity contribution in [2.45, 2.75) is 6.92 Å². The van der Waals surface area contributed by atoms with Gasteiger partial charge < -0.3 is 14.0 Å². The molecule has 0 saturated heterocycles. The number of hydrogen-bond donors (Lipinski definition) is 0. The Morgan fingerprint density at radius 2 is 1.36 bits per heavy atom. The fourth-order valence-corrected chi connectivity index (χ4v) is 0.892. The predicted molar refractivity (Wildman–Crippen MR) is 41.6 cm³/mol. The van der Waals surface area contributed by atoms with E-state index in [4.69, 9.17) is 14.0 Å². The van der Waals surface area contributed by atoms with E-state index < -0.39 is 6.75 Å². The molecule has 0 fully saturated rings. The molecule has 0 aromatic heterocycles. The van der Waals surface area contributed by atoms with Crippen LogP contribution in [0.2, 0.25) is 0 Å². The molecule has 0 heterocycles. The van der Waals surface area contributed by atoms with Crippen LogP contribution < -0.4 is 18.9 Å². The Morgan fingerprint density at radius 1 is 1.09 bits per heavy atom. The molecule has 0 N–H and O–H groups in total. The second-order valence-corrected chi connectivity index (χ2v) is 2.20. The van der Waals surface area contributed by atoms with Crippen LogP contribution in [-0.4, -0.2) is 28.1 Å². The summed E-state index contributed by atoms with van der Waals surface area (Å²) in [7, 11) is 4.59. The predicted octanol–water partition coefficient (Wildman–Crippen LogP) is -2.02. The molecule has 0 amide bonds. The summed E-state index contributed by atoms with van der Waals surface area (Å²) in [6, 6.07) is 0. The van der Waals surface area contributed by atoms with Crippen LogP contribution in [0.1, 0.15) is 6.92 Å². The summed E-state index contributed by atoms with van der Waals surface area (Å²) in [5.74, 6) is 0.